The summed E-state index contributed by atoms with van der Waals surface area (Å²) in [5.41, 5.74) is 3.96. The van der Waals surface area contributed by atoms with E-state index in [0.29, 0.717) is 0 Å². The van der Waals surface area contributed by atoms with E-state index in [1.165, 1.54) is 10.6 Å². The Balaban J connectivity index is 0.000000168. The third-order valence-electron chi connectivity index (χ3n) is 5.59. The maximum absolute atomic E-state index is 5.80. The van der Waals surface area contributed by atoms with Crippen molar-refractivity contribution in [1.29, 1.82) is 0 Å². The molecule has 37 heavy (non-hydrogen) atoms. The number of hydrogen-bond acceptors (Lipinski definition) is 4. The second kappa shape index (κ2) is 12.3. The van der Waals surface area contributed by atoms with Gasteiger partial charge in [0.15, 0.2) is 0 Å². The number of hydrogen-bond donors (Lipinski definition) is 0. The summed E-state index contributed by atoms with van der Waals surface area (Å²) in [4.78, 5) is 0. The van der Waals surface area contributed by atoms with Crippen LogP contribution in [0.4, 0.5) is 0 Å². The van der Waals surface area contributed by atoms with Gasteiger partial charge in [0.25, 0.3) is 0 Å². The summed E-state index contributed by atoms with van der Waals surface area (Å²) in [5.74, 6) is 3.75. The molecule has 7 heteroatoms. The molecule has 4 heterocycles. The van der Waals surface area contributed by atoms with Gasteiger partial charge in [0.2, 0.25) is 0 Å². The van der Waals surface area contributed by atoms with Gasteiger partial charge in [-0.05, 0) is 86.9 Å². The molecule has 4 nitrogen and oxygen atoms in total. The zero-order valence-electron chi connectivity index (χ0n) is 21.1. The first kappa shape index (κ1) is 27.5. The van der Waals surface area contributed by atoms with E-state index in [4.69, 9.17) is 17.7 Å². The summed E-state index contributed by atoms with van der Waals surface area (Å²) in [7, 11) is -1.40. The molecule has 4 aromatic rings. The molecule has 0 saturated heterocycles. The molecule has 0 aromatic carbocycles. The molecule has 0 N–H and O–H groups in total. The molecule has 190 valence electrons. The molecule has 0 aliphatic heterocycles. The van der Waals surface area contributed by atoms with Gasteiger partial charge in [-0.15, -0.1) is 0 Å². The molecule has 0 unspecified atom stereocenters. The van der Waals surface area contributed by atoms with Crippen LogP contribution in [-0.2, 0) is 17.1 Å². The van der Waals surface area contributed by atoms with E-state index in [2.05, 4.69) is 49.3 Å². The topological polar surface area (TPSA) is 52.6 Å². The molecule has 2 aliphatic carbocycles. The third-order valence-corrected chi connectivity index (χ3v) is 9.95. The van der Waals surface area contributed by atoms with Crippen LogP contribution in [0.5, 0.6) is 0 Å². The summed E-state index contributed by atoms with van der Waals surface area (Å²) < 4.78 is 23.2. The predicted molar refractivity (Wildman–Crippen MR) is 149 cm³/mol. The molecule has 0 fully saturated rings. The molecular formula is C30H28FeO4P2. The van der Waals surface area contributed by atoms with Gasteiger partial charge in [-0.1, -0.05) is 36.5 Å². The fourth-order valence-electron chi connectivity index (χ4n) is 3.92. The molecule has 0 spiro atoms. The van der Waals surface area contributed by atoms with Crippen LogP contribution in [0.2, 0.25) is 0 Å². The molecule has 6 rings (SSSR count). The second-order valence-corrected chi connectivity index (χ2v) is 12.6. The van der Waals surface area contributed by atoms with E-state index >= 15 is 0 Å². The number of furan rings is 4. The van der Waals surface area contributed by atoms with Crippen molar-refractivity contribution >= 4 is 37.8 Å². The minimum atomic E-state index is -0.701. The smallest absolute Gasteiger partial charge is 0.137 e. The van der Waals surface area contributed by atoms with E-state index in [9.17, 15) is 0 Å². The van der Waals surface area contributed by atoms with Crippen LogP contribution in [0.3, 0.4) is 0 Å². The Kier molecular flexibility index (Phi) is 9.17. The number of aryl methyl sites for hydroxylation is 4. The minimum Gasteiger partial charge on any atom is -0.461 e. The molecule has 0 bridgehead atoms. The van der Waals surface area contributed by atoms with Gasteiger partial charge in [-0.3, -0.25) is 0 Å². The fourth-order valence-corrected chi connectivity index (χ4v) is 8.15. The minimum absolute atomic E-state index is 0. The van der Waals surface area contributed by atoms with E-state index < -0.39 is 15.8 Å². The third kappa shape index (κ3) is 6.48. The maximum Gasteiger partial charge on any atom is 0.137 e. The van der Waals surface area contributed by atoms with Crippen molar-refractivity contribution < 1.29 is 34.7 Å². The molecular weight excluding hydrogens is 542 g/mol. The van der Waals surface area contributed by atoms with Crippen molar-refractivity contribution in [2.24, 2.45) is 0 Å². The summed E-state index contributed by atoms with van der Waals surface area (Å²) >= 11 is 0. The molecule has 0 atom stereocenters. The van der Waals surface area contributed by atoms with E-state index in [0.717, 1.165) is 45.0 Å². The quantitative estimate of drug-likeness (QED) is 0.183. The number of rotatable bonds is 6. The van der Waals surface area contributed by atoms with Gasteiger partial charge in [-0.25, -0.2) is 0 Å². The van der Waals surface area contributed by atoms with Gasteiger partial charge >= 0.3 is 0 Å². The van der Waals surface area contributed by atoms with Crippen LogP contribution >= 0.6 is 15.8 Å². The van der Waals surface area contributed by atoms with Crippen molar-refractivity contribution in [3.8, 4) is 0 Å². The largest absolute Gasteiger partial charge is 0.461 e. The molecule has 2 radical (unpaired) electrons. The standard InChI is InChI=1S/2C15H14O2P.Fe/c2*1-11-7-9-14(16-11)18(13-5-3-4-6-13)15-10-8-12(2)17-15;/h2*3-10H,1-2H3;. The Bertz CT molecular complexity index is 1270. The Morgan fingerprint density at radius 2 is 0.730 bits per heavy atom. The van der Waals surface area contributed by atoms with Crippen LogP contribution in [0.1, 0.15) is 23.0 Å². The van der Waals surface area contributed by atoms with Crippen molar-refractivity contribution in [2.75, 3.05) is 0 Å². The SMILES string of the molecule is Cc1ccc(P(C2=CC=C[CH]2)c2ccc(C)o2)o1.Cc1ccc(P(C2=CC=C[CH]2)c2ccc(C)o2)o1.[Fe]. The average Bonchev–Trinajstić information content (AvgIpc) is 3.66. The van der Waals surface area contributed by atoms with Crippen LogP contribution in [-0.4, -0.2) is 0 Å². The van der Waals surface area contributed by atoms with Crippen molar-refractivity contribution in [3.05, 3.63) is 131 Å². The molecule has 4 aromatic heterocycles. The Labute approximate surface area is 231 Å². The molecule has 0 saturated carbocycles. The van der Waals surface area contributed by atoms with Crippen LogP contribution < -0.4 is 22.0 Å². The van der Waals surface area contributed by atoms with E-state index in [1.807, 2.05) is 76.2 Å². The molecule has 0 amide bonds. The van der Waals surface area contributed by atoms with Crippen LogP contribution in [0.25, 0.3) is 0 Å². The summed E-state index contributed by atoms with van der Waals surface area (Å²) in [6, 6.07) is 16.2. The first-order chi connectivity index (χ1) is 17.5. The predicted octanol–water partition coefficient (Wildman–Crippen LogP) is 7.16. The van der Waals surface area contributed by atoms with E-state index in [-0.39, 0.29) is 17.1 Å². The maximum atomic E-state index is 5.80. The Morgan fingerprint density at radius 1 is 0.432 bits per heavy atom. The zero-order valence-corrected chi connectivity index (χ0v) is 24.0. The zero-order chi connectivity index (χ0) is 25.1. The van der Waals surface area contributed by atoms with Crippen molar-refractivity contribution in [1.82, 2.24) is 0 Å². The van der Waals surface area contributed by atoms with Crippen LogP contribution in [0.15, 0.2) is 113 Å². The van der Waals surface area contributed by atoms with Gasteiger partial charge in [0.1, 0.15) is 45.0 Å². The van der Waals surface area contributed by atoms with Crippen molar-refractivity contribution in [2.45, 2.75) is 27.7 Å². The van der Waals surface area contributed by atoms with Crippen molar-refractivity contribution in [3.63, 3.8) is 0 Å². The van der Waals surface area contributed by atoms with Gasteiger partial charge in [0, 0.05) is 29.9 Å². The summed E-state index contributed by atoms with van der Waals surface area (Å²) in [6.45, 7) is 7.87. The second-order valence-electron chi connectivity index (χ2n) is 8.49. The van der Waals surface area contributed by atoms with Gasteiger partial charge in [0.05, 0.1) is 15.8 Å². The monoisotopic (exact) mass is 570 g/mol. The van der Waals surface area contributed by atoms with Crippen LogP contribution in [0, 0.1) is 40.5 Å². The first-order valence-corrected chi connectivity index (χ1v) is 14.5. The molecule has 2 aliphatic rings. The summed E-state index contributed by atoms with van der Waals surface area (Å²) in [6.07, 6.45) is 16.7. The Hall–Kier alpha value is -2.54. The Morgan fingerprint density at radius 3 is 0.919 bits per heavy atom. The average molecular weight is 570 g/mol. The van der Waals surface area contributed by atoms with Gasteiger partial charge < -0.3 is 17.7 Å². The van der Waals surface area contributed by atoms with E-state index in [1.54, 1.807) is 0 Å². The normalized spacial score (nSPS) is 14.1. The number of allylic oxidation sites excluding steroid dienone is 8. The summed E-state index contributed by atoms with van der Waals surface area (Å²) in [5, 5.41) is 2.52. The fraction of sp³-hybridized carbons (Fsp3) is 0.133. The van der Waals surface area contributed by atoms with Gasteiger partial charge in [-0.2, -0.15) is 0 Å². The first-order valence-electron chi connectivity index (χ1n) is 11.8.